The Hall–Kier alpha value is -1.94. The molecule has 5 nitrogen and oxygen atoms in total. The van der Waals surface area contributed by atoms with Crippen LogP contribution in [0.2, 0.25) is 10.0 Å². The van der Waals surface area contributed by atoms with Crippen molar-refractivity contribution in [1.29, 1.82) is 0 Å². The number of amides is 1. The monoisotopic (exact) mass is 368 g/mol. The van der Waals surface area contributed by atoms with E-state index in [4.69, 9.17) is 39.1 Å². The largest absolute Gasteiger partial charge is 0.494 e. The Morgan fingerprint density at radius 2 is 2.26 bits per heavy atom. The third-order valence-electron chi connectivity index (χ3n) is 3.04. The first-order valence-corrected chi connectivity index (χ1v) is 8.13. The minimum atomic E-state index is -0.538. The Morgan fingerprint density at radius 1 is 1.43 bits per heavy atom. The lowest BCUT2D eigenvalue weighted by atomic mass is 10.3. The Labute approximate surface area is 145 Å². The zero-order valence-electron chi connectivity index (χ0n) is 11.7. The highest BCUT2D eigenvalue weighted by atomic mass is 35.5. The van der Waals surface area contributed by atoms with Gasteiger partial charge in [0.2, 0.25) is 5.76 Å². The maximum absolute atomic E-state index is 12.2. The molecule has 0 N–H and O–H groups in total. The smallest absolute Gasteiger partial charge is 0.317 e. The van der Waals surface area contributed by atoms with E-state index >= 15 is 0 Å². The lowest BCUT2D eigenvalue weighted by Crippen LogP contribution is -2.19. The molecule has 0 saturated heterocycles. The number of hydrogen-bond acceptors (Lipinski definition) is 4. The second-order valence-corrected chi connectivity index (χ2v) is 6.30. The number of terminal acetylenes is 1. The fraction of sp³-hybridized carbons (Fsp3) is 0.200. The van der Waals surface area contributed by atoms with E-state index in [1.807, 2.05) is 6.07 Å². The van der Waals surface area contributed by atoms with Crippen molar-refractivity contribution in [2.24, 2.45) is 4.99 Å². The van der Waals surface area contributed by atoms with E-state index in [0.29, 0.717) is 33.6 Å². The summed E-state index contributed by atoms with van der Waals surface area (Å²) in [5.74, 6) is 2.05. The molecule has 2 aromatic rings. The van der Waals surface area contributed by atoms with E-state index in [9.17, 15) is 4.79 Å². The number of benzene rings is 1. The summed E-state index contributed by atoms with van der Waals surface area (Å²) in [5.41, 5.74) is 0.656. The highest BCUT2D eigenvalue weighted by Gasteiger charge is 2.17. The van der Waals surface area contributed by atoms with Crippen LogP contribution in [0.15, 0.2) is 29.1 Å². The van der Waals surface area contributed by atoms with Crippen LogP contribution >= 0.6 is 34.5 Å². The number of nitrogens with zero attached hydrogens (tertiary/aromatic N) is 2. The summed E-state index contributed by atoms with van der Waals surface area (Å²) in [6, 6.07) is 3.50. The number of fused-ring (bicyclic) bond motifs is 1. The second kappa shape index (κ2) is 6.67. The fourth-order valence-electron chi connectivity index (χ4n) is 2.05. The van der Waals surface area contributed by atoms with Gasteiger partial charge in [0.25, 0.3) is 0 Å². The van der Waals surface area contributed by atoms with Gasteiger partial charge in [0.1, 0.15) is 19.5 Å². The van der Waals surface area contributed by atoms with Crippen LogP contribution in [0.1, 0.15) is 0 Å². The number of carbonyl (C=O) groups excluding carboxylic acids is 1. The summed E-state index contributed by atoms with van der Waals surface area (Å²) in [4.78, 5) is 16.7. The van der Waals surface area contributed by atoms with E-state index in [1.54, 1.807) is 10.6 Å². The number of ether oxygens (including phenoxy) is 2. The van der Waals surface area contributed by atoms with Crippen LogP contribution in [0, 0.1) is 12.3 Å². The topological polar surface area (TPSA) is 52.8 Å². The molecule has 0 fully saturated rings. The zero-order chi connectivity index (χ0) is 16.4. The van der Waals surface area contributed by atoms with Crippen molar-refractivity contribution in [1.82, 2.24) is 4.57 Å². The molecule has 1 amide bonds. The summed E-state index contributed by atoms with van der Waals surface area (Å²) in [5, 5.41) is 0.786. The van der Waals surface area contributed by atoms with Crippen molar-refractivity contribution >= 4 is 50.7 Å². The molecule has 1 aliphatic rings. The molecule has 8 heteroatoms. The van der Waals surface area contributed by atoms with Crippen molar-refractivity contribution in [2.45, 2.75) is 6.54 Å². The number of hydrogen-bond donors (Lipinski definition) is 0. The molecule has 3 rings (SSSR count). The normalized spacial score (nSPS) is 14.8. The summed E-state index contributed by atoms with van der Waals surface area (Å²) >= 11 is 13.6. The maximum Gasteiger partial charge on any atom is 0.317 e. The number of thiazole rings is 1. The van der Waals surface area contributed by atoms with Gasteiger partial charge >= 0.3 is 5.91 Å². The Balaban J connectivity index is 2.17. The molecule has 0 spiro atoms. The average molecular weight is 369 g/mol. The van der Waals surface area contributed by atoms with Crippen molar-refractivity contribution in [2.75, 3.05) is 13.2 Å². The van der Waals surface area contributed by atoms with Gasteiger partial charge in [0, 0.05) is 0 Å². The number of halogens is 2. The fourth-order valence-corrected chi connectivity index (χ4v) is 3.56. The molecule has 0 bridgehead atoms. The zero-order valence-corrected chi connectivity index (χ0v) is 14.0. The summed E-state index contributed by atoms with van der Waals surface area (Å²) in [6.45, 7) is 0.929. The molecule has 23 heavy (non-hydrogen) atoms. The summed E-state index contributed by atoms with van der Waals surface area (Å²) < 4.78 is 12.8. The molecule has 0 aliphatic carbocycles. The molecule has 1 aliphatic heterocycles. The maximum atomic E-state index is 12.2. The van der Waals surface area contributed by atoms with Gasteiger partial charge in [-0.05, 0) is 12.1 Å². The molecule has 118 valence electrons. The van der Waals surface area contributed by atoms with E-state index in [0.717, 1.165) is 4.70 Å². The highest BCUT2D eigenvalue weighted by Crippen LogP contribution is 2.32. The Kier molecular flexibility index (Phi) is 4.62. The molecule has 1 aromatic heterocycles. The number of rotatable bonds is 2. The van der Waals surface area contributed by atoms with Crippen molar-refractivity contribution < 1.29 is 14.3 Å². The highest BCUT2D eigenvalue weighted by molar-refractivity contribution is 7.16. The summed E-state index contributed by atoms with van der Waals surface area (Å²) in [6.07, 6.45) is 6.68. The molecule has 0 radical (unpaired) electrons. The first kappa shape index (κ1) is 15.9. The number of aromatic nitrogens is 1. The van der Waals surface area contributed by atoms with Crippen LogP contribution < -0.4 is 4.80 Å². The average Bonchev–Trinajstić information content (AvgIpc) is 2.90. The Bertz CT molecular complexity index is 921. The van der Waals surface area contributed by atoms with Crippen molar-refractivity contribution in [3.8, 4) is 12.3 Å². The van der Waals surface area contributed by atoms with Gasteiger partial charge in [-0.25, -0.2) is 0 Å². The minimum Gasteiger partial charge on any atom is -0.494 e. The van der Waals surface area contributed by atoms with Crippen LogP contribution in [0.5, 0.6) is 0 Å². The van der Waals surface area contributed by atoms with Gasteiger partial charge in [-0.1, -0.05) is 40.5 Å². The molecule has 0 atom stereocenters. The van der Waals surface area contributed by atoms with Gasteiger partial charge < -0.3 is 14.0 Å². The molecule has 2 heterocycles. The molecular formula is C15H10Cl2N2O3S. The third-order valence-corrected chi connectivity index (χ3v) is 4.88. The second-order valence-electron chi connectivity index (χ2n) is 4.50. The van der Waals surface area contributed by atoms with Crippen LogP contribution in [0.25, 0.3) is 10.2 Å². The molecule has 0 saturated carbocycles. The van der Waals surface area contributed by atoms with E-state index in [2.05, 4.69) is 10.9 Å². The van der Waals surface area contributed by atoms with E-state index in [1.165, 1.54) is 17.6 Å². The molecule has 1 aromatic carbocycles. The van der Waals surface area contributed by atoms with Crippen molar-refractivity contribution in [3.05, 3.63) is 39.0 Å². The lowest BCUT2D eigenvalue weighted by Gasteiger charge is -2.12. The molecular weight excluding hydrogens is 359 g/mol. The van der Waals surface area contributed by atoms with Gasteiger partial charge in [0.05, 0.1) is 26.8 Å². The predicted octanol–water partition coefficient (Wildman–Crippen LogP) is 2.96. The third kappa shape index (κ3) is 3.08. The summed E-state index contributed by atoms with van der Waals surface area (Å²) in [7, 11) is 0. The molecule has 0 unspecified atom stereocenters. The van der Waals surface area contributed by atoms with Gasteiger partial charge in [-0.15, -0.1) is 6.42 Å². The van der Waals surface area contributed by atoms with E-state index < -0.39 is 5.91 Å². The Morgan fingerprint density at radius 3 is 2.96 bits per heavy atom. The van der Waals surface area contributed by atoms with Crippen LogP contribution in [-0.4, -0.2) is 23.7 Å². The van der Waals surface area contributed by atoms with Gasteiger partial charge in [-0.2, -0.15) is 4.99 Å². The van der Waals surface area contributed by atoms with Gasteiger partial charge in [0.15, 0.2) is 4.80 Å². The van der Waals surface area contributed by atoms with Gasteiger partial charge in [-0.3, -0.25) is 4.79 Å². The van der Waals surface area contributed by atoms with Crippen molar-refractivity contribution in [3.63, 3.8) is 0 Å². The first-order chi connectivity index (χ1) is 11.1. The SMILES string of the molecule is C#CCn1c(=NC(=O)C2=COCCO2)sc2ccc(Cl)c(Cl)c21. The minimum absolute atomic E-state index is 0.0603. The van der Waals surface area contributed by atoms with Crippen LogP contribution in [0.4, 0.5) is 0 Å². The van der Waals surface area contributed by atoms with E-state index in [-0.39, 0.29) is 12.3 Å². The van der Waals surface area contributed by atoms with Crippen LogP contribution in [0.3, 0.4) is 0 Å². The predicted molar refractivity (Wildman–Crippen MR) is 89.2 cm³/mol. The first-order valence-electron chi connectivity index (χ1n) is 6.56. The standard InChI is InChI=1S/C15H10Cl2N2O3S/c1-2-5-19-13-11(4-3-9(16)12(13)17)23-15(19)18-14(20)10-8-21-6-7-22-10/h1,3-4,8H,5-7H2. The lowest BCUT2D eigenvalue weighted by molar-refractivity contribution is -0.119. The van der Waals surface area contributed by atoms with Crippen LogP contribution in [-0.2, 0) is 20.8 Å². The quantitative estimate of drug-likeness (QED) is 0.765. The number of carbonyl (C=O) groups is 1.